The van der Waals surface area contributed by atoms with Crippen molar-refractivity contribution < 1.29 is 18.8 Å². The molecule has 4 amide bonds. The molecule has 1 aliphatic carbocycles. The monoisotopic (exact) mass is 374 g/mol. The van der Waals surface area contributed by atoms with Gasteiger partial charge in [-0.15, -0.1) is 11.3 Å². The average molecular weight is 374 g/mol. The predicted octanol–water partition coefficient (Wildman–Crippen LogP) is 2.06. The summed E-state index contributed by atoms with van der Waals surface area (Å²) in [5, 5.41) is 6.02. The van der Waals surface area contributed by atoms with Gasteiger partial charge in [0.2, 0.25) is 5.91 Å². The Hall–Kier alpha value is -2.68. The molecule has 8 nitrogen and oxygen atoms in total. The maximum Gasteiger partial charge on any atom is 0.325 e. The molecule has 4 rings (SSSR count). The third-order valence-electron chi connectivity index (χ3n) is 4.50. The lowest BCUT2D eigenvalue weighted by molar-refractivity contribution is -0.128. The van der Waals surface area contributed by atoms with Crippen LogP contribution in [-0.4, -0.2) is 33.8 Å². The molecule has 1 saturated heterocycles. The van der Waals surface area contributed by atoms with Crippen LogP contribution in [0.4, 0.5) is 9.93 Å². The summed E-state index contributed by atoms with van der Waals surface area (Å²) in [4.78, 5) is 43.2. The van der Waals surface area contributed by atoms with Gasteiger partial charge in [-0.3, -0.25) is 14.5 Å². The number of nitrogens with one attached hydrogen (secondary N) is 2. The van der Waals surface area contributed by atoms with Gasteiger partial charge in [0.25, 0.3) is 5.91 Å². The Morgan fingerprint density at radius 2 is 2.31 bits per heavy atom. The fourth-order valence-corrected chi connectivity index (χ4v) is 4.25. The van der Waals surface area contributed by atoms with Crippen molar-refractivity contribution in [3.8, 4) is 0 Å². The van der Waals surface area contributed by atoms with Gasteiger partial charge in [-0.05, 0) is 37.8 Å². The number of urea groups is 1. The van der Waals surface area contributed by atoms with Crippen molar-refractivity contribution in [2.24, 2.45) is 0 Å². The molecule has 0 radical (unpaired) electrons. The molecule has 2 aliphatic rings. The van der Waals surface area contributed by atoms with Gasteiger partial charge in [0.15, 0.2) is 5.13 Å². The van der Waals surface area contributed by atoms with Crippen molar-refractivity contribution in [1.29, 1.82) is 0 Å². The third-order valence-corrected chi connectivity index (χ3v) is 5.58. The van der Waals surface area contributed by atoms with Crippen molar-refractivity contribution in [3.05, 3.63) is 34.7 Å². The quantitative estimate of drug-likeness (QED) is 0.753. The minimum atomic E-state index is -0.690. The van der Waals surface area contributed by atoms with Crippen LogP contribution >= 0.6 is 11.3 Å². The van der Waals surface area contributed by atoms with Crippen molar-refractivity contribution in [1.82, 2.24) is 15.2 Å². The van der Waals surface area contributed by atoms with Crippen LogP contribution in [-0.2, 0) is 29.0 Å². The van der Waals surface area contributed by atoms with Crippen molar-refractivity contribution in [2.75, 3.05) is 5.32 Å². The molecular weight excluding hydrogens is 356 g/mol. The first-order valence-electron chi connectivity index (χ1n) is 8.53. The highest BCUT2D eigenvalue weighted by molar-refractivity contribution is 7.15. The summed E-state index contributed by atoms with van der Waals surface area (Å²) in [7, 11) is 0. The molecule has 0 bridgehead atoms. The smallest absolute Gasteiger partial charge is 0.325 e. The second-order valence-electron chi connectivity index (χ2n) is 6.34. The minimum Gasteiger partial charge on any atom is -0.467 e. The highest BCUT2D eigenvalue weighted by Gasteiger charge is 2.38. The molecule has 26 heavy (non-hydrogen) atoms. The largest absolute Gasteiger partial charge is 0.467 e. The lowest BCUT2D eigenvalue weighted by atomic mass is 10.1. The number of aromatic nitrogens is 1. The van der Waals surface area contributed by atoms with Gasteiger partial charge < -0.3 is 15.1 Å². The van der Waals surface area contributed by atoms with Crippen LogP contribution < -0.4 is 10.6 Å². The molecule has 2 N–H and O–H groups in total. The number of anilines is 1. The van der Waals surface area contributed by atoms with Gasteiger partial charge in [-0.1, -0.05) is 0 Å². The van der Waals surface area contributed by atoms with Crippen LogP contribution in [0, 0.1) is 0 Å². The average Bonchev–Trinajstić information content (AvgIpc) is 3.35. The van der Waals surface area contributed by atoms with Gasteiger partial charge in [-0.25, -0.2) is 9.78 Å². The van der Waals surface area contributed by atoms with Crippen LogP contribution in [0.2, 0.25) is 0 Å². The second kappa shape index (κ2) is 6.91. The van der Waals surface area contributed by atoms with Crippen LogP contribution in [0.25, 0.3) is 0 Å². The number of imide groups is 1. The van der Waals surface area contributed by atoms with E-state index in [9.17, 15) is 14.4 Å². The normalized spacial score (nSPS) is 18.9. The van der Waals surface area contributed by atoms with Crippen LogP contribution in [0.3, 0.4) is 0 Å². The zero-order valence-corrected chi connectivity index (χ0v) is 14.8. The standard InChI is InChI=1S/C17H18N4O4S/c22-14(20-16-18-11-4-1-5-13(11)26-16)7-6-12-15(23)21(17(24)19-12)9-10-3-2-8-25-10/h2-3,8,12H,1,4-7,9H2,(H,19,24)(H,18,20,22)/t12-/m0/s1. The Morgan fingerprint density at radius 1 is 1.42 bits per heavy atom. The number of thiazole rings is 1. The number of hydrogen-bond donors (Lipinski definition) is 2. The molecule has 3 heterocycles. The van der Waals surface area contributed by atoms with E-state index in [0.717, 1.165) is 29.9 Å². The van der Waals surface area contributed by atoms with Crippen molar-refractivity contribution in [3.63, 3.8) is 0 Å². The molecule has 2 aromatic heterocycles. The SMILES string of the molecule is O=C(CC[C@@H]1NC(=O)N(Cc2ccco2)C1=O)Nc1nc2c(s1)CCC2. The van der Waals surface area contributed by atoms with E-state index >= 15 is 0 Å². The first-order chi connectivity index (χ1) is 12.6. The van der Waals surface area contributed by atoms with Crippen LogP contribution in [0.1, 0.15) is 35.6 Å². The molecule has 9 heteroatoms. The lowest BCUT2D eigenvalue weighted by Crippen LogP contribution is -2.31. The summed E-state index contributed by atoms with van der Waals surface area (Å²) in [6, 6.07) is 2.24. The first-order valence-corrected chi connectivity index (χ1v) is 9.34. The van der Waals surface area contributed by atoms with E-state index in [2.05, 4.69) is 15.6 Å². The van der Waals surface area contributed by atoms with E-state index < -0.39 is 12.1 Å². The zero-order valence-electron chi connectivity index (χ0n) is 14.0. The fraction of sp³-hybridized carbons (Fsp3) is 0.412. The van der Waals surface area contributed by atoms with Gasteiger partial charge in [0, 0.05) is 11.3 Å². The Balaban J connectivity index is 1.29. The van der Waals surface area contributed by atoms with Crippen molar-refractivity contribution >= 4 is 34.3 Å². The van der Waals surface area contributed by atoms with E-state index in [0.29, 0.717) is 10.9 Å². The number of fused-ring (bicyclic) bond motifs is 1. The van der Waals surface area contributed by atoms with E-state index in [4.69, 9.17) is 4.42 Å². The predicted molar refractivity (Wildman–Crippen MR) is 93.6 cm³/mol. The summed E-state index contributed by atoms with van der Waals surface area (Å²) < 4.78 is 5.17. The molecule has 1 atom stereocenters. The Kier molecular flexibility index (Phi) is 4.46. The van der Waals surface area contributed by atoms with Gasteiger partial charge in [-0.2, -0.15) is 0 Å². The van der Waals surface area contributed by atoms with Gasteiger partial charge >= 0.3 is 6.03 Å². The van der Waals surface area contributed by atoms with Gasteiger partial charge in [0.05, 0.1) is 18.5 Å². The lowest BCUT2D eigenvalue weighted by Gasteiger charge is -2.11. The van der Waals surface area contributed by atoms with E-state index in [1.54, 1.807) is 12.1 Å². The molecule has 1 aliphatic heterocycles. The highest BCUT2D eigenvalue weighted by atomic mass is 32.1. The number of hydrogen-bond acceptors (Lipinski definition) is 6. The molecular formula is C17H18N4O4S. The number of nitrogens with zero attached hydrogens (tertiary/aromatic N) is 2. The molecule has 1 fully saturated rings. The topological polar surface area (TPSA) is 105 Å². The number of carbonyl (C=O) groups excluding carboxylic acids is 3. The van der Waals surface area contributed by atoms with Crippen LogP contribution in [0.5, 0.6) is 0 Å². The summed E-state index contributed by atoms with van der Waals surface area (Å²) in [6.45, 7) is 0.0883. The molecule has 0 saturated carbocycles. The zero-order chi connectivity index (χ0) is 18.1. The third kappa shape index (κ3) is 3.34. The highest BCUT2D eigenvalue weighted by Crippen LogP contribution is 2.30. The van der Waals surface area contributed by atoms with Gasteiger partial charge in [0.1, 0.15) is 11.8 Å². The number of rotatable bonds is 6. The number of amides is 4. The summed E-state index contributed by atoms with van der Waals surface area (Å²) in [5.41, 5.74) is 1.08. The first kappa shape index (κ1) is 16.8. The second-order valence-corrected chi connectivity index (χ2v) is 7.42. The number of furan rings is 1. The van der Waals surface area contributed by atoms with E-state index in [-0.39, 0.29) is 31.2 Å². The molecule has 136 valence electrons. The number of carbonyl (C=O) groups is 3. The molecule has 0 unspecified atom stereocenters. The summed E-state index contributed by atoms with van der Waals surface area (Å²) in [5.74, 6) is -0.0138. The maximum absolute atomic E-state index is 12.4. The maximum atomic E-state index is 12.4. The number of aryl methyl sites for hydroxylation is 2. The minimum absolute atomic E-state index is 0.0883. The van der Waals surface area contributed by atoms with Crippen LogP contribution in [0.15, 0.2) is 22.8 Å². The Labute approximate surface area is 153 Å². The Bertz CT molecular complexity index is 824. The molecule has 0 spiro atoms. The molecule has 0 aromatic carbocycles. The fourth-order valence-electron chi connectivity index (χ4n) is 3.18. The van der Waals surface area contributed by atoms with Crippen molar-refractivity contribution in [2.45, 2.75) is 44.7 Å². The van der Waals surface area contributed by atoms with E-state index in [1.807, 2.05) is 0 Å². The summed E-state index contributed by atoms with van der Waals surface area (Å²) in [6.07, 6.45) is 4.99. The molecule has 2 aromatic rings. The Morgan fingerprint density at radius 3 is 3.08 bits per heavy atom. The van der Waals surface area contributed by atoms with E-state index in [1.165, 1.54) is 22.5 Å². The summed E-state index contributed by atoms with van der Waals surface area (Å²) >= 11 is 1.51.